The van der Waals surface area contributed by atoms with Crippen LogP contribution in [0.3, 0.4) is 0 Å². The van der Waals surface area contributed by atoms with Gasteiger partial charge in [0.25, 0.3) is 11.6 Å². The molecule has 1 N–H and O–H groups in total. The molecule has 0 heterocycles. The van der Waals surface area contributed by atoms with E-state index in [2.05, 4.69) is 21.2 Å². The number of hydrogen-bond donors (Lipinski definition) is 1. The van der Waals surface area contributed by atoms with Crippen molar-refractivity contribution in [3.63, 3.8) is 0 Å². The fourth-order valence-corrected chi connectivity index (χ4v) is 3.05. The number of nitro groups is 1. The number of esters is 1. The summed E-state index contributed by atoms with van der Waals surface area (Å²) in [5, 5.41) is 22.8. The first-order valence-electron chi connectivity index (χ1n) is 9.53. The predicted octanol–water partition coefficient (Wildman–Crippen LogP) is 5.43. The molecule has 0 aliphatic rings. The topological polar surface area (TPSA) is 122 Å². The largest absolute Gasteiger partial charge is 0.423 e. The molecular formula is C24H16BrN3O5. The van der Waals surface area contributed by atoms with E-state index in [0.29, 0.717) is 28.1 Å². The Bertz CT molecular complexity index is 1290. The van der Waals surface area contributed by atoms with E-state index in [9.17, 15) is 25.0 Å². The van der Waals surface area contributed by atoms with Gasteiger partial charge in [-0.1, -0.05) is 28.1 Å². The maximum Gasteiger partial charge on any atom is 0.343 e. The number of hydrogen-bond acceptors (Lipinski definition) is 6. The monoisotopic (exact) mass is 505 g/mol. The summed E-state index contributed by atoms with van der Waals surface area (Å²) in [6.45, 7) is 1.62. The van der Waals surface area contributed by atoms with Gasteiger partial charge in [-0.15, -0.1) is 0 Å². The lowest BCUT2D eigenvalue weighted by atomic mass is 10.1. The molecule has 0 unspecified atom stereocenters. The van der Waals surface area contributed by atoms with Crippen LogP contribution in [0.5, 0.6) is 5.75 Å². The molecule has 3 aromatic carbocycles. The highest BCUT2D eigenvalue weighted by Gasteiger charge is 2.14. The predicted molar refractivity (Wildman–Crippen MR) is 126 cm³/mol. The third-order valence-electron chi connectivity index (χ3n) is 4.52. The summed E-state index contributed by atoms with van der Waals surface area (Å²) in [6, 6.07) is 18.9. The van der Waals surface area contributed by atoms with Gasteiger partial charge in [0.2, 0.25) is 0 Å². The van der Waals surface area contributed by atoms with Crippen molar-refractivity contribution in [2.24, 2.45) is 0 Å². The number of nitriles is 1. The van der Waals surface area contributed by atoms with E-state index in [-0.39, 0.29) is 11.3 Å². The summed E-state index contributed by atoms with van der Waals surface area (Å²) in [4.78, 5) is 35.0. The zero-order chi connectivity index (χ0) is 24.0. The number of anilines is 1. The number of nitrogens with one attached hydrogen (secondary N) is 1. The molecule has 0 fully saturated rings. The van der Waals surface area contributed by atoms with Gasteiger partial charge in [-0.2, -0.15) is 5.26 Å². The summed E-state index contributed by atoms with van der Waals surface area (Å²) < 4.78 is 6.17. The van der Waals surface area contributed by atoms with E-state index < -0.39 is 16.8 Å². The second-order valence-corrected chi connectivity index (χ2v) is 7.76. The second-order valence-electron chi connectivity index (χ2n) is 6.85. The molecule has 0 aliphatic heterocycles. The minimum atomic E-state index is -0.653. The van der Waals surface area contributed by atoms with E-state index in [0.717, 1.165) is 4.47 Å². The molecule has 3 aromatic rings. The Morgan fingerprint density at radius 3 is 2.33 bits per heavy atom. The molecule has 9 heteroatoms. The number of amides is 1. The Kier molecular flexibility index (Phi) is 7.33. The third-order valence-corrected chi connectivity index (χ3v) is 5.04. The maximum absolute atomic E-state index is 12.5. The Morgan fingerprint density at radius 1 is 1.09 bits per heavy atom. The number of benzene rings is 3. The SMILES string of the molecule is Cc1cc([N+](=O)[O-])ccc1NC(=O)C(C#N)=Cc1ccc(OC(=O)c2ccc(Br)cc2)cc1. The van der Waals surface area contributed by atoms with Gasteiger partial charge in [0.15, 0.2) is 0 Å². The molecule has 0 atom stereocenters. The summed E-state index contributed by atoms with van der Waals surface area (Å²) in [6.07, 6.45) is 1.39. The summed E-state index contributed by atoms with van der Waals surface area (Å²) >= 11 is 3.30. The summed E-state index contributed by atoms with van der Waals surface area (Å²) in [5.74, 6) is -0.855. The van der Waals surface area contributed by atoms with Crippen LogP contribution in [0.2, 0.25) is 0 Å². The highest BCUT2D eigenvalue weighted by atomic mass is 79.9. The van der Waals surface area contributed by atoms with E-state index >= 15 is 0 Å². The standard InChI is InChI=1S/C24H16BrN3O5/c1-15-12-20(28(31)32)8-11-22(15)27-23(29)18(14-26)13-16-2-9-21(10-3-16)33-24(30)17-4-6-19(25)7-5-17/h2-13H,1H3,(H,27,29). The van der Waals surface area contributed by atoms with Crippen LogP contribution in [-0.2, 0) is 4.79 Å². The molecule has 0 aliphatic carbocycles. The van der Waals surface area contributed by atoms with Crippen LogP contribution in [-0.4, -0.2) is 16.8 Å². The van der Waals surface area contributed by atoms with Crippen LogP contribution in [0.15, 0.2) is 76.8 Å². The van der Waals surface area contributed by atoms with Gasteiger partial charge in [0.1, 0.15) is 17.4 Å². The molecule has 0 saturated carbocycles. The molecular weight excluding hydrogens is 490 g/mol. The first-order chi connectivity index (χ1) is 15.8. The van der Waals surface area contributed by atoms with Gasteiger partial charge in [0, 0.05) is 22.3 Å². The molecule has 164 valence electrons. The highest BCUT2D eigenvalue weighted by Crippen LogP contribution is 2.22. The molecule has 0 radical (unpaired) electrons. The van der Waals surface area contributed by atoms with Crippen LogP contribution in [0.1, 0.15) is 21.5 Å². The number of non-ortho nitro benzene ring substituents is 1. The maximum atomic E-state index is 12.5. The van der Waals surface area contributed by atoms with Crippen molar-refractivity contribution < 1.29 is 19.2 Å². The summed E-state index contributed by atoms with van der Waals surface area (Å²) in [7, 11) is 0. The number of rotatable bonds is 6. The Morgan fingerprint density at radius 2 is 1.76 bits per heavy atom. The lowest BCUT2D eigenvalue weighted by Crippen LogP contribution is -2.14. The van der Waals surface area contributed by atoms with E-state index in [1.54, 1.807) is 55.5 Å². The molecule has 0 spiro atoms. The average molecular weight is 506 g/mol. The molecule has 0 bridgehead atoms. The van der Waals surface area contributed by atoms with Gasteiger partial charge >= 0.3 is 5.97 Å². The van der Waals surface area contributed by atoms with Crippen LogP contribution >= 0.6 is 15.9 Å². The smallest absolute Gasteiger partial charge is 0.343 e. The lowest BCUT2D eigenvalue weighted by Gasteiger charge is -2.08. The zero-order valence-corrected chi connectivity index (χ0v) is 18.8. The average Bonchev–Trinajstić information content (AvgIpc) is 2.80. The Labute approximate surface area is 197 Å². The van der Waals surface area contributed by atoms with Crippen molar-refractivity contribution in [1.29, 1.82) is 5.26 Å². The minimum Gasteiger partial charge on any atom is -0.423 e. The van der Waals surface area contributed by atoms with Crippen molar-refractivity contribution in [3.8, 4) is 11.8 Å². The van der Waals surface area contributed by atoms with Crippen LogP contribution in [0.4, 0.5) is 11.4 Å². The van der Waals surface area contributed by atoms with Crippen molar-refractivity contribution in [2.75, 3.05) is 5.32 Å². The number of aryl methyl sites for hydroxylation is 1. The van der Waals surface area contributed by atoms with Gasteiger partial charge in [-0.3, -0.25) is 14.9 Å². The fourth-order valence-electron chi connectivity index (χ4n) is 2.79. The van der Waals surface area contributed by atoms with E-state index in [1.807, 2.05) is 6.07 Å². The van der Waals surface area contributed by atoms with Crippen LogP contribution in [0.25, 0.3) is 6.08 Å². The van der Waals surface area contributed by atoms with Gasteiger partial charge in [-0.05, 0) is 66.6 Å². The number of nitrogens with zero attached hydrogens (tertiary/aromatic N) is 2. The van der Waals surface area contributed by atoms with Crippen molar-refractivity contribution >= 4 is 45.3 Å². The first kappa shape index (κ1) is 23.4. The third kappa shape index (κ3) is 6.12. The second kappa shape index (κ2) is 10.3. The normalized spacial score (nSPS) is 10.8. The van der Waals surface area contributed by atoms with Crippen molar-refractivity contribution in [1.82, 2.24) is 0 Å². The number of halogens is 1. The van der Waals surface area contributed by atoms with Crippen molar-refractivity contribution in [2.45, 2.75) is 6.92 Å². The zero-order valence-electron chi connectivity index (χ0n) is 17.2. The molecule has 33 heavy (non-hydrogen) atoms. The quantitative estimate of drug-likeness (QED) is 0.119. The number of carbonyl (C=O) groups excluding carboxylic acids is 2. The number of nitro benzene ring substituents is 1. The van der Waals surface area contributed by atoms with Gasteiger partial charge in [-0.25, -0.2) is 4.79 Å². The Hall–Kier alpha value is -4.29. The van der Waals surface area contributed by atoms with E-state index in [4.69, 9.17) is 4.74 Å². The van der Waals surface area contributed by atoms with Gasteiger partial charge < -0.3 is 10.1 Å². The minimum absolute atomic E-state index is 0.0949. The molecule has 0 aromatic heterocycles. The molecule has 0 saturated heterocycles. The van der Waals surface area contributed by atoms with Crippen molar-refractivity contribution in [3.05, 3.63) is 104 Å². The number of ether oxygens (including phenoxy) is 1. The van der Waals surface area contributed by atoms with Crippen LogP contribution in [0, 0.1) is 28.4 Å². The Balaban J connectivity index is 1.70. The fraction of sp³-hybridized carbons (Fsp3) is 0.0417. The molecule has 1 amide bonds. The summed E-state index contributed by atoms with van der Waals surface area (Å²) in [5.41, 5.74) is 1.54. The lowest BCUT2D eigenvalue weighted by molar-refractivity contribution is -0.384. The first-order valence-corrected chi connectivity index (χ1v) is 10.3. The van der Waals surface area contributed by atoms with Crippen LogP contribution < -0.4 is 10.1 Å². The van der Waals surface area contributed by atoms with E-state index in [1.165, 1.54) is 24.3 Å². The highest BCUT2D eigenvalue weighted by molar-refractivity contribution is 9.10. The molecule has 8 nitrogen and oxygen atoms in total. The molecule has 3 rings (SSSR count). The van der Waals surface area contributed by atoms with Gasteiger partial charge in [0.05, 0.1) is 10.5 Å². The number of carbonyl (C=O) groups is 2.